The van der Waals surface area contributed by atoms with Crippen LogP contribution in [0.5, 0.6) is 5.75 Å². The van der Waals surface area contributed by atoms with Crippen molar-refractivity contribution in [2.75, 3.05) is 24.3 Å². The van der Waals surface area contributed by atoms with Crippen LogP contribution in [0.1, 0.15) is 5.56 Å². The molecule has 4 rings (SSSR count). The number of benzene rings is 3. The normalized spacial score (nSPS) is 13.9. The minimum atomic E-state index is -0.368. The number of rotatable bonds is 5. The topological polar surface area (TPSA) is 50.4 Å². The van der Waals surface area contributed by atoms with E-state index < -0.39 is 0 Å². The van der Waals surface area contributed by atoms with E-state index in [1.807, 2.05) is 42.5 Å². The zero-order chi connectivity index (χ0) is 19.5. The van der Waals surface area contributed by atoms with E-state index in [9.17, 15) is 9.18 Å². The maximum atomic E-state index is 14.5. The first-order chi connectivity index (χ1) is 13.7. The molecule has 140 valence electrons. The van der Waals surface area contributed by atoms with Gasteiger partial charge in [0, 0.05) is 29.1 Å². The van der Waals surface area contributed by atoms with Crippen LogP contribution in [-0.2, 0) is 4.79 Å². The zero-order valence-corrected chi connectivity index (χ0v) is 15.3. The molecule has 0 unspecified atom stereocenters. The lowest BCUT2D eigenvalue weighted by Gasteiger charge is -2.11. The second-order valence-electron chi connectivity index (χ2n) is 6.40. The Morgan fingerprint density at radius 2 is 1.89 bits per heavy atom. The third kappa shape index (κ3) is 3.34. The van der Waals surface area contributed by atoms with Gasteiger partial charge in [-0.3, -0.25) is 4.79 Å². The van der Waals surface area contributed by atoms with E-state index in [0.29, 0.717) is 29.0 Å². The molecule has 5 heteroatoms. The van der Waals surface area contributed by atoms with Gasteiger partial charge in [0.15, 0.2) is 0 Å². The number of methoxy groups -OCH3 is 1. The van der Waals surface area contributed by atoms with Crippen LogP contribution in [0.3, 0.4) is 0 Å². The molecule has 0 radical (unpaired) electrons. The number of para-hydroxylation sites is 1. The van der Waals surface area contributed by atoms with E-state index in [0.717, 1.165) is 16.9 Å². The summed E-state index contributed by atoms with van der Waals surface area (Å²) in [5.41, 5.74) is 4.05. The van der Waals surface area contributed by atoms with Gasteiger partial charge >= 0.3 is 0 Å². The van der Waals surface area contributed by atoms with Crippen molar-refractivity contribution in [1.82, 2.24) is 0 Å². The van der Waals surface area contributed by atoms with Crippen molar-refractivity contribution in [2.24, 2.45) is 0 Å². The fourth-order valence-electron chi connectivity index (χ4n) is 3.33. The molecule has 3 aromatic carbocycles. The fraction of sp³-hybridized carbons (Fsp3) is 0.0870. The number of hydrogen-bond acceptors (Lipinski definition) is 3. The summed E-state index contributed by atoms with van der Waals surface area (Å²) in [7, 11) is 1.51. The summed E-state index contributed by atoms with van der Waals surface area (Å²) < 4.78 is 19.8. The van der Waals surface area contributed by atoms with Gasteiger partial charge in [-0.25, -0.2) is 4.39 Å². The molecule has 3 aromatic rings. The second kappa shape index (κ2) is 7.56. The molecule has 0 spiro atoms. The van der Waals surface area contributed by atoms with Crippen molar-refractivity contribution in [1.29, 1.82) is 0 Å². The quantitative estimate of drug-likeness (QED) is 0.622. The molecule has 0 bridgehead atoms. The Balaban J connectivity index is 1.67. The number of carbonyl (C=O) groups is 1. The lowest BCUT2D eigenvalue weighted by molar-refractivity contribution is -0.110. The van der Waals surface area contributed by atoms with Gasteiger partial charge < -0.3 is 15.4 Å². The van der Waals surface area contributed by atoms with Crippen molar-refractivity contribution >= 4 is 22.9 Å². The molecule has 4 nitrogen and oxygen atoms in total. The minimum absolute atomic E-state index is 0.164. The maximum Gasteiger partial charge on any atom is 0.256 e. The van der Waals surface area contributed by atoms with E-state index in [-0.39, 0.29) is 11.7 Å². The van der Waals surface area contributed by atoms with Crippen molar-refractivity contribution < 1.29 is 13.9 Å². The number of halogens is 1. The summed E-state index contributed by atoms with van der Waals surface area (Å²) >= 11 is 0. The van der Waals surface area contributed by atoms with Crippen molar-refractivity contribution in [2.45, 2.75) is 0 Å². The van der Waals surface area contributed by atoms with Gasteiger partial charge in [0.1, 0.15) is 11.6 Å². The summed E-state index contributed by atoms with van der Waals surface area (Å²) in [6, 6.07) is 19.9. The van der Waals surface area contributed by atoms with Gasteiger partial charge in [0.05, 0.1) is 12.7 Å². The highest BCUT2D eigenvalue weighted by Gasteiger charge is 2.25. The van der Waals surface area contributed by atoms with Gasteiger partial charge in [-0.2, -0.15) is 0 Å². The first-order valence-electron chi connectivity index (χ1n) is 8.95. The van der Waals surface area contributed by atoms with Gasteiger partial charge in [-0.1, -0.05) is 36.4 Å². The number of anilines is 2. The number of ether oxygens (including phenoxy) is 1. The largest absolute Gasteiger partial charge is 0.496 e. The lowest BCUT2D eigenvalue weighted by atomic mass is 9.98. The molecule has 1 aliphatic heterocycles. The Hall–Kier alpha value is -3.60. The van der Waals surface area contributed by atoms with Crippen LogP contribution in [0.4, 0.5) is 15.8 Å². The highest BCUT2D eigenvalue weighted by atomic mass is 19.1. The standard InChI is InChI=1S/C23H19FN2O2/c1-28-21-9-5-8-19(24)22(21)15-10-11-20-18(14-15)17(23(27)26-20)12-13-25-16-6-3-2-4-7-16/h2-12,14,25H,13H2,1H3,(H,26,27)/b17-12-. The molecule has 1 aliphatic rings. The Morgan fingerprint density at radius 1 is 1.07 bits per heavy atom. The van der Waals surface area contributed by atoms with Crippen LogP contribution < -0.4 is 15.4 Å². The average molecular weight is 374 g/mol. The van der Waals surface area contributed by atoms with Gasteiger partial charge in [-0.05, 0) is 42.0 Å². The smallest absolute Gasteiger partial charge is 0.256 e. The molecule has 0 aliphatic carbocycles. The minimum Gasteiger partial charge on any atom is -0.496 e. The molecular weight excluding hydrogens is 355 g/mol. The lowest BCUT2D eigenvalue weighted by Crippen LogP contribution is -2.06. The molecule has 0 aromatic heterocycles. The van der Waals surface area contributed by atoms with Gasteiger partial charge in [0.25, 0.3) is 5.91 Å². The van der Waals surface area contributed by atoms with Crippen molar-refractivity contribution in [3.8, 4) is 16.9 Å². The van der Waals surface area contributed by atoms with Gasteiger partial charge in [0.2, 0.25) is 0 Å². The van der Waals surface area contributed by atoms with Crippen LogP contribution in [0.25, 0.3) is 16.7 Å². The molecule has 2 N–H and O–H groups in total. The molecule has 1 heterocycles. The van der Waals surface area contributed by atoms with E-state index in [1.165, 1.54) is 13.2 Å². The summed E-state index contributed by atoms with van der Waals surface area (Å²) in [5.74, 6) is -0.0797. The molecule has 0 saturated carbocycles. The molecular formula is C23H19FN2O2. The number of amides is 1. The number of carbonyl (C=O) groups excluding carboxylic acids is 1. The van der Waals surface area contributed by atoms with Crippen LogP contribution in [-0.4, -0.2) is 19.6 Å². The summed E-state index contributed by atoms with van der Waals surface area (Å²) in [6.07, 6.45) is 1.84. The van der Waals surface area contributed by atoms with E-state index in [1.54, 1.807) is 24.3 Å². The zero-order valence-electron chi connectivity index (χ0n) is 15.3. The predicted molar refractivity (Wildman–Crippen MR) is 110 cm³/mol. The van der Waals surface area contributed by atoms with E-state index in [2.05, 4.69) is 10.6 Å². The van der Waals surface area contributed by atoms with E-state index in [4.69, 9.17) is 4.74 Å². The Labute approximate surface area is 162 Å². The number of nitrogens with one attached hydrogen (secondary N) is 2. The molecule has 1 amide bonds. The SMILES string of the molecule is COc1cccc(F)c1-c1ccc2c(c1)/C(=C/CNc1ccccc1)C(=O)N2. The van der Waals surface area contributed by atoms with Crippen molar-refractivity contribution in [3.63, 3.8) is 0 Å². The summed E-state index contributed by atoms with van der Waals surface area (Å²) in [5, 5.41) is 6.12. The first-order valence-corrected chi connectivity index (χ1v) is 8.95. The van der Waals surface area contributed by atoms with Crippen LogP contribution in [0.2, 0.25) is 0 Å². The summed E-state index contributed by atoms with van der Waals surface area (Å²) in [4.78, 5) is 12.4. The first kappa shape index (κ1) is 17.8. The molecule has 0 fully saturated rings. The van der Waals surface area contributed by atoms with Crippen molar-refractivity contribution in [3.05, 3.63) is 84.2 Å². The molecule has 28 heavy (non-hydrogen) atoms. The van der Waals surface area contributed by atoms with Crippen LogP contribution in [0.15, 0.2) is 72.8 Å². The van der Waals surface area contributed by atoms with Gasteiger partial charge in [-0.15, -0.1) is 0 Å². The third-order valence-corrected chi connectivity index (χ3v) is 4.67. The Kier molecular flexibility index (Phi) is 4.81. The molecule has 0 atom stereocenters. The fourth-order valence-corrected chi connectivity index (χ4v) is 3.33. The predicted octanol–water partition coefficient (Wildman–Crippen LogP) is 4.95. The second-order valence-corrected chi connectivity index (χ2v) is 6.40. The maximum absolute atomic E-state index is 14.5. The molecule has 0 saturated heterocycles. The Morgan fingerprint density at radius 3 is 2.68 bits per heavy atom. The van der Waals surface area contributed by atoms with E-state index >= 15 is 0 Å². The number of fused-ring (bicyclic) bond motifs is 1. The monoisotopic (exact) mass is 374 g/mol. The van der Waals surface area contributed by atoms with Crippen LogP contribution in [0, 0.1) is 5.82 Å². The highest BCUT2D eigenvalue weighted by molar-refractivity contribution is 6.31. The third-order valence-electron chi connectivity index (χ3n) is 4.67. The number of hydrogen-bond donors (Lipinski definition) is 2. The van der Waals surface area contributed by atoms with Crippen LogP contribution >= 0.6 is 0 Å². The average Bonchev–Trinajstić information content (AvgIpc) is 3.03. The highest BCUT2D eigenvalue weighted by Crippen LogP contribution is 2.38. The summed E-state index contributed by atoms with van der Waals surface area (Å²) in [6.45, 7) is 0.499. The Bertz CT molecular complexity index is 1060.